The van der Waals surface area contributed by atoms with Gasteiger partial charge in [-0.25, -0.2) is 0 Å². The number of aliphatic hydroxyl groups is 1. The quantitative estimate of drug-likeness (QED) is 0.809. The standard InChI is InChI=1S/C21H36N2O3/c1-13(20(26)23-11-5-6-12-23)16-7-9-21(4)10-8-17(22-15(3)24)14(2)18(21)19(16)25/h13-14,16-19,25H,5-12H2,1-4H3,(H,22,24)/t13-,14+,16+,17-,18+,19-,21-/m0/s1. The van der Waals surface area contributed by atoms with E-state index in [9.17, 15) is 14.7 Å². The lowest BCUT2D eigenvalue weighted by atomic mass is 9.51. The highest BCUT2D eigenvalue weighted by Crippen LogP contribution is 2.55. The Morgan fingerprint density at radius 2 is 1.81 bits per heavy atom. The molecule has 0 bridgehead atoms. The molecule has 0 spiro atoms. The predicted molar refractivity (Wildman–Crippen MR) is 101 cm³/mol. The summed E-state index contributed by atoms with van der Waals surface area (Å²) < 4.78 is 0. The average Bonchev–Trinajstić information content (AvgIpc) is 3.11. The van der Waals surface area contributed by atoms with Gasteiger partial charge in [-0.3, -0.25) is 9.59 Å². The molecule has 5 heteroatoms. The largest absolute Gasteiger partial charge is 0.392 e. The monoisotopic (exact) mass is 364 g/mol. The highest BCUT2D eigenvalue weighted by molar-refractivity contribution is 5.79. The average molecular weight is 365 g/mol. The van der Waals surface area contributed by atoms with Crippen LogP contribution < -0.4 is 5.32 Å². The van der Waals surface area contributed by atoms with E-state index in [1.165, 1.54) is 0 Å². The first kappa shape index (κ1) is 19.7. The number of hydrogen-bond donors (Lipinski definition) is 2. The Balaban J connectivity index is 1.75. The van der Waals surface area contributed by atoms with E-state index >= 15 is 0 Å². The predicted octanol–water partition coefficient (Wildman–Crippen LogP) is 2.57. The molecule has 0 aromatic carbocycles. The second-order valence-electron chi connectivity index (χ2n) is 9.40. The molecule has 0 radical (unpaired) electrons. The summed E-state index contributed by atoms with van der Waals surface area (Å²) >= 11 is 0. The molecule has 3 aliphatic rings. The van der Waals surface area contributed by atoms with Crippen molar-refractivity contribution in [3.63, 3.8) is 0 Å². The molecular formula is C21H36N2O3. The molecule has 5 nitrogen and oxygen atoms in total. The smallest absolute Gasteiger partial charge is 0.225 e. The lowest BCUT2D eigenvalue weighted by Crippen LogP contribution is -2.58. The first-order valence-electron chi connectivity index (χ1n) is 10.5. The van der Waals surface area contributed by atoms with Gasteiger partial charge in [-0.15, -0.1) is 0 Å². The Hall–Kier alpha value is -1.10. The zero-order chi connectivity index (χ0) is 19.1. The first-order valence-corrected chi connectivity index (χ1v) is 10.5. The maximum atomic E-state index is 12.9. The number of aliphatic hydroxyl groups excluding tert-OH is 1. The summed E-state index contributed by atoms with van der Waals surface area (Å²) in [5.41, 5.74) is 0.112. The van der Waals surface area contributed by atoms with Crippen molar-refractivity contribution < 1.29 is 14.7 Å². The molecule has 1 aliphatic heterocycles. The summed E-state index contributed by atoms with van der Waals surface area (Å²) in [5.74, 6) is 0.493. The van der Waals surface area contributed by atoms with E-state index in [1.807, 2.05) is 11.8 Å². The van der Waals surface area contributed by atoms with Gasteiger partial charge in [0.05, 0.1) is 6.10 Å². The number of likely N-dealkylation sites (tertiary alicyclic amines) is 1. The Morgan fingerprint density at radius 1 is 1.19 bits per heavy atom. The summed E-state index contributed by atoms with van der Waals surface area (Å²) in [6, 6.07) is 0.128. The fourth-order valence-electron chi connectivity index (χ4n) is 6.17. The van der Waals surface area contributed by atoms with Gasteiger partial charge < -0.3 is 15.3 Å². The molecule has 3 rings (SSSR count). The molecule has 2 saturated carbocycles. The highest BCUT2D eigenvalue weighted by atomic mass is 16.3. The van der Waals surface area contributed by atoms with E-state index in [4.69, 9.17) is 0 Å². The van der Waals surface area contributed by atoms with Crippen molar-refractivity contribution in [1.29, 1.82) is 0 Å². The van der Waals surface area contributed by atoms with E-state index in [0.717, 1.165) is 51.6 Å². The van der Waals surface area contributed by atoms with Crippen molar-refractivity contribution >= 4 is 11.8 Å². The van der Waals surface area contributed by atoms with Crippen LogP contribution in [-0.4, -0.2) is 47.1 Å². The number of rotatable bonds is 3. The SMILES string of the molecule is CC(=O)N[C@H]1CC[C@]2(C)CC[C@H]([C@H](C)C(=O)N3CCCC3)[C@H](O)[C@H]2[C@@H]1C. The van der Waals surface area contributed by atoms with E-state index in [0.29, 0.717) is 0 Å². The number of fused-ring (bicyclic) bond motifs is 1. The van der Waals surface area contributed by atoms with Crippen molar-refractivity contribution in [2.75, 3.05) is 13.1 Å². The molecule has 2 amide bonds. The van der Waals surface area contributed by atoms with Gasteiger partial charge in [-0.05, 0) is 61.7 Å². The van der Waals surface area contributed by atoms with Crippen molar-refractivity contribution in [2.45, 2.75) is 78.4 Å². The number of carbonyl (C=O) groups is 2. The zero-order valence-corrected chi connectivity index (χ0v) is 16.8. The van der Waals surface area contributed by atoms with Crippen LogP contribution in [0.25, 0.3) is 0 Å². The molecule has 2 aliphatic carbocycles. The van der Waals surface area contributed by atoms with Gasteiger partial charge in [-0.1, -0.05) is 20.8 Å². The van der Waals surface area contributed by atoms with Gasteiger partial charge in [0.25, 0.3) is 0 Å². The van der Waals surface area contributed by atoms with Crippen molar-refractivity contribution in [3.8, 4) is 0 Å². The number of carbonyl (C=O) groups excluding carboxylic acids is 2. The summed E-state index contributed by atoms with van der Waals surface area (Å²) in [7, 11) is 0. The third-order valence-electron chi connectivity index (χ3n) is 7.73. The Morgan fingerprint density at radius 3 is 2.42 bits per heavy atom. The van der Waals surface area contributed by atoms with Gasteiger partial charge in [0.2, 0.25) is 11.8 Å². The third-order valence-corrected chi connectivity index (χ3v) is 7.73. The minimum absolute atomic E-state index is 0.00452. The molecule has 26 heavy (non-hydrogen) atoms. The van der Waals surface area contributed by atoms with Crippen LogP contribution in [0.4, 0.5) is 0 Å². The maximum absolute atomic E-state index is 12.9. The van der Waals surface area contributed by atoms with Crippen LogP contribution in [-0.2, 0) is 9.59 Å². The van der Waals surface area contributed by atoms with Crippen LogP contribution >= 0.6 is 0 Å². The second-order valence-corrected chi connectivity index (χ2v) is 9.40. The van der Waals surface area contributed by atoms with Crippen LogP contribution in [0.1, 0.15) is 66.2 Å². The molecule has 0 aromatic heterocycles. The lowest BCUT2D eigenvalue weighted by Gasteiger charge is -2.56. The normalized spacial score (nSPS) is 41.4. The van der Waals surface area contributed by atoms with Gasteiger partial charge in [0.15, 0.2) is 0 Å². The van der Waals surface area contributed by atoms with Gasteiger partial charge >= 0.3 is 0 Å². The molecule has 148 valence electrons. The number of nitrogens with one attached hydrogen (secondary N) is 1. The number of nitrogens with zero attached hydrogens (tertiary/aromatic N) is 1. The zero-order valence-electron chi connectivity index (χ0n) is 16.8. The van der Waals surface area contributed by atoms with Crippen molar-refractivity contribution in [2.24, 2.45) is 29.1 Å². The summed E-state index contributed by atoms with van der Waals surface area (Å²) in [6.07, 6.45) is 5.73. The fraction of sp³-hybridized carbons (Fsp3) is 0.905. The molecule has 1 saturated heterocycles. The third kappa shape index (κ3) is 3.51. The Bertz CT molecular complexity index is 545. The Labute approximate surface area is 157 Å². The van der Waals surface area contributed by atoms with Crippen molar-refractivity contribution in [1.82, 2.24) is 10.2 Å². The highest BCUT2D eigenvalue weighted by Gasteiger charge is 2.54. The van der Waals surface area contributed by atoms with Crippen molar-refractivity contribution in [3.05, 3.63) is 0 Å². The van der Waals surface area contributed by atoms with E-state index in [-0.39, 0.29) is 46.9 Å². The summed E-state index contributed by atoms with van der Waals surface area (Å²) in [5, 5.41) is 14.4. The van der Waals surface area contributed by atoms with Crippen LogP contribution in [0.3, 0.4) is 0 Å². The van der Waals surface area contributed by atoms with Crippen LogP contribution in [0, 0.1) is 29.1 Å². The van der Waals surface area contributed by atoms with E-state index in [1.54, 1.807) is 6.92 Å². The molecule has 7 atom stereocenters. The van der Waals surface area contributed by atoms with Crippen LogP contribution in [0.5, 0.6) is 0 Å². The maximum Gasteiger partial charge on any atom is 0.225 e. The summed E-state index contributed by atoms with van der Waals surface area (Å²) in [4.78, 5) is 26.4. The van der Waals surface area contributed by atoms with E-state index in [2.05, 4.69) is 19.2 Å². The molecule has 0 aromatic rings. The first-order chi connectivity index (χ1) is 12.2. The minimum atomic E-state index is -0.470. The molecular weight excluding hydrogens is 328 g/mol. The summed E-state index contributed by atoms with van der Waals surface area (Å²) in [6.45, 7) is 9.78. The van der Waals surface area contributed by atoms with E-state index < -0.39 is 6.10 Å². The lowest BCUT2D eigenvalue weighted by molar-refractivity contribution is -0.150. The number of amides is 2. The van der Waals surface area contributed by atoms with Gasteiger partial charge in [0.1, 0.15) is 0 Å². The van der Waals surface area contributed by atoms with Gasteiger partial charge in [-0.2, -0.15) is 0 Å². The molecule has 0 unspecified atom stereocenters. The Kier molecular flexibility index (Phi) is 5.66. The second kappa shape index (κ2) is 7.49. The fourth-order valence-corrected chi connectivity index (χ4v) is 6.17. The minimum Gasteiger partial charge on any atom is -0.392 e. The molecule has 2 N–H and O–H groups in total. The van der Waals surface area contributed by atoms with Crippen LogP contribution in [0.15, 0.2) is 0 Å². The molecule has 1 heterocycles. The topological polar surface area (TPSA) is 69.6 Å². The number of hydrogen-bond acceptors (Lipinski definition) is 3. The van der Waals surface area contributed by atoms with Gasteiger partial charge in [0, 0.05) is 32.0 Å². The van der Waals surface area contributed by atoms with Crippen LogP contribution in [0.2, 0.25) is 0 Å². The molecule has 3 fully saturated rings.